The van der Waals surface area contributed by atoms with Crippen LogP contribution >= 0.6 is 31.9 Å². The predicted molar refractivity (Wildman–Crippen MR) is 70.3 cm³/mol. The summed E-state index contributed by atoms with van der Waals surface area (Å²) in [6.45, 7) is 0. The molecule has 0 N–H and O–H groups in total. The lowest BCUT2D eigenvalue weighted by molar-refractivity contribution is 0.653. The topological polar surface area (TPSA) is 12.9 Å². The third-order valence-corrected chi connectivity index (χ3v) is 4.48. The zero-order chi connectivity index (χ0) is 10.7. The summed E-state index contributed by atoms with van der Waals surface area (Å²) in [6, 6.07) is 2.16. The first kappa shape index (κ1) is 11.6. The maximum absolute atomic E-state index is 4.17. The van der Waals surface area contributed by atoms with Crippen LogP contribution in [0.1, 0.15) is 31.2 Å². The van der Waals surface area contributed by atoms with Gasteiger partial charge >= 0.3 is 0 Å². The molecule has 0 amide bonds. The zero-order valence-electron chi connectivity index (χ0n) is 8.63. The Morgan fingerprint density at radius 2 is 2.20 bits per heavy atom. The van der Waals surface area contributed by atoms with Crippen LogP contribution in [0.2, 0.25) is 0 Å². The van der Waals surface area contributed by atoms with Crippen molar-refractivity contribution < 1.29 is 0 Å². The fourth-order valence-corrected chi connectivity index (χ4v) is 3.05. The number of halogens is 2. The molecule has 1 aromatic rings. The second-order valence-corrected chi connectivity index (χ2v) is 6.35. The molecule has 1 heterocycles. The molecule has 1 saturated carbocycles. The molecular weight excluding hydrogens is 318 g/mol. The Hall–Kier alpha value is 0.110. The molecule has 0 aliphatic heterocycles. The third-order valence-electron chi connectivity index (χ3n) is 2.84. The second kappa shape index (κ2) is 5.44. The van der Waals surface area contributed by atoms with E-state index in [1.54, 1.807) is 0 Å². The number of hydrogen-bond acceptors (Lipinski definition) is 1. The van der Waals surface area contributed by atoms with E-state index >= 15 is 0 Å². The summed E-state index contributed by atoms with van der Waals surface area (Å²) in [7, 11) is 0. The lowest BCUT2D eigenvalue weighted by Crippen LogP contribution is -2.01. The van der Waals surface area contributed by atoms with Crippen molar-refractivity contribution in [3.8, 4) is 0 Å². The second-order valence-electron chi connectivity index (χ2n) is 4.26. The average molecular weight is 333 g/mol. The highest BCUT2D eigenvalue weighted by atomic mass is 79.9. The summed E-state index contributed by atoms with van der Waals surface area (Å²) in [5, 5.41) is 0. The molecule has 1 fully saturated rings. The van der Waals surface area contributed by atoms with E-state index in [-0.39, 0.29) is 0 Å². The van der Waals surface area contributed by atoms with Crippen LogP contribution in [0, 0.1) is 5.92 Å². The summed E-state index contributed by atoms with van der Waals surface area (Å²) in [6.07, 6.45) is 10.3. The number of alkyl halides is 1. The van der Waals surface area contributed by atoms with Gasteiger partial charge < -0.3 is 0 Å². The summed E-state index contributed by atoms with van der Waals surface area (Å²) >= 11 is 7.21. The fourth-order valence-electron chi connectivity index (χ4n) is 1.79. The molecule has 0 spiro atoms. The molecule has 1 aliphatic rings. The minimum Gasteiger partial charge on any atom is -0.263 e. The molecule has 1 nitrogen and oxygen atoms in total. The third kappa shape index (κ3) is 3.87. The van der Waals surface area contributed by atoms with Crippen molar-refractivity contribution in [1.29, 1.82) is 0 Å². The van der Waals surface area contributed by atoms with Crippen molar-refractivity contribution in [3.05, 3.63) is 28.5 Å². The molecule has 2 rings (SSSR count). The number of aromatic nitrogens is 1. The molecule has 3 heteroatoms. The van der Waals surface area contributed by atoms with Gasteiger partial charge in [-0.1, -0.05) is 15.9 Å². The van der Waals surface area contributed by atoms with Gasteiger partial charge in [-0.2, -0.15) is 0 Å². The van der Waals surface area contributed by atoms with E-state index in [2.05, 4.69) is 42.9 Å². The molecule has 0 radical (unpaired) electrons. The Kier molecular flexibility index (Phi) is 4.21. The first-order valence-corrected chi connectivity index (χ1v) is 7.20. The lowest BCUT2D eigenvalue weighted by atomic mass is 10.1. The van der Waals surface area contributed by atoms with Gasteiger partial charge in [-0.3, -0.25) is 4.98 Å². The van der Waals surface area contributed by atoms with Crippen LogP contribution in [0.15, 0.2) is 22.9 Å². The van der Waals surface area contributed by atoms with Crippen molar-refractivity contribution in [3.63, 3.8) is 0 Å². The molecule has 82 valence electrons. The Morgan fingerprint density at radius 3 is 2.87 bits per heavy atom. The standard InChI is InChI=1S/C12H15Br2N/c13-11-6-9(7-15-8-11)2-1-3-12(14)10-4-5-10/h6-8,10,12H,1-5H2. The molecule has 1 aromatic heterocycles. The van der Waals surface area contributed by atoms with E-state index < -0.39 is 0 Å². The van der Waals surface area contributed by atoms with Crippen LogP contribution in [0.5, 0.6) is 0 Å². The molecule has 0 saturated heterocycles. The van der Waals surface area contributed by atoms with Crippen molar-refractivity contribution in [2.24, 2.45) is 5.92 Å². The van der Waals surface area contributed by atoms with E-state index in [0.29, 0.717) is 0 Å². The SMILES string of the molecule is Brc1cncc(CCCC(Br)C2CC2)c1. The number of aryl methyl sites for hydroxylation is 1. The van der Waals surface area contributed by atoms with Gasteiger partial charge in [0.15, 0.2) is 0 Å². The van der Waals surface area contributed by atoms with Gasteiger partial charge in [-0.05, 0) is 65.6 Å². The van der Waals surface area contributed by atoms with Gasteiger partial charge in [0, 0.05) is 21.7 Å². The van der Waals surface area contributed by atoms with Gasteiger partial charge in [-0.15, -0.1) is 0 Å². The summed E-state index contributed by atoms with van der Waals surface area (Å²) < 4.78 is 1.08. The first-order chi connectivity index (χ1) is 7.25. The number of nitrogens with zero attached hydrogens (tertiary/aromatic N) is 1. The monoisotopic (exact) mass is 331 g/mol. The van der Waals surface area contributed by atoms with Crippen LogP contribution in [0.3, 0.4) is 0 Å². The minimum absolute atomic E-state index is 0.748. The molecule has 1 atom stereocenters. The van der Waals surface area contributed by atoms with E-state index in [4.69, 9.17) is 0 Å². The van der Waals surface area contributed by atoms with E-state index in [1.807, 2.05) is 12.4 Å². The van der Waals surface area contributed by atoms with Crippen molar-refractivity contribution in [2.45, 2.75) is 36.9 Å². The summed E-state index contributed by atoms with van der Waals surface area (Å²) in [5.74, 6) is 0.964. The number of hydrogen-bond donors (Lipinski definition) is 0. The maximum Gasteiger partial charge on any atom is 0.0410 e. The zero-order valence-corrected chi connectivity index (χ0v) is 11.8. The largest absolute Gasteiger partial charge is 0.263 e. The highest BCUT2D eigenvalue weighted by Crippen LogP contribution is 2.38. The predicted octanol–water partition coefficient (Wildman–Crippen LogP) is 4.34. The molecule has 1 unspecified atom stereocenters. The fraction of sp³-hybridized carbons (Fsp3) is 0.583. The van der Waals surface area contributed by atoms with Crippen LogP contribution in [-0.2, 0) is 6.42 Å². The van der Waals surface area contributed by atoms with Crippen LogP contribution in [-0.4, -0.2) is 9.81 Å². The molecular formula is C12H15Br2N. The average Bonchev–Trinajstić information content (AvgIpc) is 3.00. The smallest absolute Gasteiger partial charge is 0.0410 e. The lowest BCUT2D eigenvalue weighted by Gasteiger charge is -2.07. The molecule has 15 heavy (non-hydrogen) atoms. The van der Waals surface area contributed by atoms with Crippen molar-refractivity contribution in [1.82, 2.24) is 4.98 Å². The highest BCUT2D eigenvalue weighted by Gasteiger charge is 2.28. The highest BCUT2D eigenvalue weighted by molar-refractivity contribution is 9.10. The summed E-state index contributed by atoms with van der Waals surface area (Å²) in [5.41, 5.74) is 1.33. The molecule has 0 aromatic carbocycles. The van der Waals surface area contributed by atoms with Crippen LogP contribution in [0.4, 0.5) is 0 Å². The molecule has 0 bridgehead atoms. The number of rotatable bonds is 5. The Morgan fingerprint density at radius 1 is 1.40 bits per heavy atom. The number of pyridine rings is 1. The van der Waals surface area contributed by atoms with Gasteiger partial charge in [0.2, 0.25) is 0 Å². The Bertz CT molecular complexity index is 323. The van der Waals surface area contributed by atoms with Crippen molar-refractivity contribution in [2.75, 3.05) is 0 Å². The van der Waals surface area contributed by atoms with Gasteiger partial charge in [0.25, 0.3) is 0 Å². The van der Waals surface area contributed by atoms with Gasteiger partial charge in [-0.25, -0.2) is 0 Å². The van der Waals surface area contributed by atoms with E-state index in [1.165, 1.54) is 31.2 Å². The minimum atomic E-state index is 0.748. The van der Waals surface area contributed by atoms with Crippen LogP contribution < -0.4 is 0 Å². The Labute approximate surface area is 108 Å². The van der Waals surface area contributed by atoms with Gasteiger partial charge in [0.05, 0.1) is 0 Å². The van der Waals surface area contributed by atoms with E-state index in [0.717, 1.165) is 21.6 Å². The normalized spacial score (nSPS) is 17.7. The first-order valence-electron chi connectivity index (χ1n) is 5.49. The van der Waals surface area contributed by atoms with Crippen LogP contribution in [0.25, 0.3) is 0 Å². The maximum atomic E-state index is 4.17. The van der Waals surface area contributed by atoms with Crippen molar-refractivity contribution >= 4 is 31.9 Å². The Balaban J connectivity index is 1.73. The molecule has 1 aliphatic carbocycles. The quantitative estimate of drug-likeness (QED) is 0.731. The summed E-state index contributed by atoms with van der Waals surface area (Å²) in [4.78, 5) is 4.92. The van der Waals surface area contributed by atoms with E-state index in [9.17, 15) is 0 Å². The van der Waals surface area contributed by atoms with Gasteiger partial charge in [0.1, 0.15) is 0 Å².